The molecule has 0 spiro atoms. The molecule has 0 atom stereocenters. The number of pyridine rings is 1. The fourth-order valence-electron chi connectivity index (χ4n) is 1.61. The molecule has 68 valence electrons. The van der Waals surface area contributed by atoms with Crippen molar-refractivity contribution in [2.75, 3.05) is 0 Å². The average Bonchev–Trinajstić information content (AvgIpc) is 2.52. The Morgan fingerprint density at radius 1 is 1.31 bits per heavy atom. The van der Waals surface area contributed by atoms with Crippen LogP contribution in [-0.2, 0) is 0 Å². The van der Waals surface area contributed by atoms with Crippen molar-refractivity contribution in [3.63, 3.8) is 0 Å². The van der Waals surface area contributed by atoms with Crippen LogP contribution in [-0.4, -0.2) is 15.0 Å². The molecule has 1 N–H and O–H groups in total. The molecular formula is C10H13N3. The molecule has 0 aliphatic heterocycles. The molecule has 2 aromatic rings. The molecule has 3 nitrogen and oxygen atoms in total. The molecule has 0 aromatic carbocycles. The van der Waals surface area contributed by atoms with Gasteiger partial charge in [0.25, 0.3) is 0 Å². The van der Waals surface area contributed by atoms with Gasteiger partial charge in [-0.3, -0.25) is 0 Å². The van der Waals surface area contributed by atoms with E-state index in [0.717, 1.165) is 11.2 Å². The van der Waals surface area contributed by atoms with Gasteiger partial charge in [0.05, 0.1) is 11.8 Å². The molecule has 2 rings (SSSR count). The smallest absolute Gasteiger partial charge is 0.177 e. The van der Waals surface area contributed by atoms with Gasteiger partial charge in [0.1, 0.15) is 0 Å². The van der Waals surface area contributed by atoms with Gasteiger partial charge in [-0.1, -0.05) is 13.8 Å². The van der Waals surface area contributed by atoms with Gasteiger partial charge in [-0.25, -0.2) is 9.97 Å². The van der Waals surface area contributed by atoms with Crippen LogP contribution in [0.1, 0.15) is 30.9 Å². The minimum absolute atomic E-state index is 0.514. The quantitative estimate of drug-likeness (QED) is 0.723. The Morgan fingerprint density at radius 3 is 2.77 bits per heavy atom. The first kappa shape index (κ1) is 8.23. The Hall–Kier alpha value is -1.38. The predicted molar refractivity (Wildman–Crippen MR) is 52.7 cm³/mol. The number of aromatic amines is 1. The summed E-state index contributed by atoms with van der Waals surface area (Å²) in [6.45, 7) is 6.45. The maximum Gasteiger partial charge on any atom is 0.177 e. The van der Waals surface area contributed by atoms with E-state index in [1.165, 1.54) is 11.1 Å². The molecule has 13 heavy (non-hydrogen) atoms. The monoisotopic (exact) mass is 175 g/mol. The third-order valence-corrected chi connectivity index (χ3v) is 2.38. The molecule has 2 heterocycles. The van der Waals surface area contributed by atoms with Gasteiger partial charge in [-0.2, -0.15) is 0 Å². The summed E-state index contributed by atoms with van der Waals surface area (Å²) < 4.78 is 0. The molecule has 0 aliphatic carbocycles. The van der Waals surface area contributed by atoms with Crippen molar-refractivity contribution in [1.82, 2.24) is 15.0 Å². The number of nitrogens with zero attached hydrogens (tertiary/aromatic N) is 2. The highest BCUT2D eigenvalue weighted by atomic mass is 14.9. The number of rotatable bonds is 1. The van der Waals surface area contributed by atoms with E-state index in [2.05, 4.69) is 35.7 Å². The Bertz CT molecular complexity index is 429. The van der Waals surface area contributed by atoms with Crippen LogP contribution in [0.25, 0.3) is 11.2 Å². The third kappa shape index (κ3) is 1.20. The van der Waals surface area contributed by atoms with Crippen LogP contribution in [0.3, 0.4) is 0 Å². The number of hydrogen-bond donors (Lipinski definition) is 1. The standard InChI is InChI=1S/C10H13N3/c1-6(2)8-4-11-10-9(7(8)3)12-5-13-10/h4-6H,1-3H3,(H,11,12,13). The van der Waals surface area contributed by atoms with Crippen LogP contribution in [0, 0.1) is 6.92 Å². The summed E-state index contributed by atoms with van der Waals surface area (Å²) in [7, 11) is 0. The van der Waals surface area contributed by atoms with Gasteiger partial charge in [0, 0.05) is 6.20 Å². The molecule has 0 fully saturated rings. The van der Waals surface area contributed by atoms with Crippen LogP contribution in [0.15, 0.2) is 12.5 Å². The summed E-state index contributed by atoms with van der Waals surface area (Å²) in [5.74, 6) is 0.514. The second-order valence-corrected chi connectivity index (χ2v) is 3.59. The fraction of sp³-hybridized carbons (Fsp3) is 0.400. The van der Waals surface area contributed by atoms with Gasteiger partial charge in [0.15, 0.2) is 5.65 Å². The number of aromatic nitrogens is 3. The van der Waals surface area contributed by atoms with E-state index in [1.807, 2.05) is 6.20 Å². The van der Waals surface area contributed by atoms with Gasteiger partial charge in [-0.15, -0.1) is 0 Å². The van der Waals surface area contributed by atoms with Gasteiger partial charge in [0.2, 0.25) is 0 Å². The maximum atomic E-state index is 4.28. The Kier molecular flexibility index (Phi) is 1.79. The summed E-state index contributed by atoms with van der Waals surface area (Å²) in [6, 6.07) is 0. The first-order chi connectivity index (χ1) is 6.20. The summed E-state index contributed by atoms with van der Waals surface area (Å²) in [4.78, 5) is 11.5. The van der Waals surface area contributed by atoms with E-state index in [4.69, 9.17) is 0 Å². The lowest BCUT2D eigenvalue weighted by Crippen LogP contribution is -1.94. The second-order valence-electron chi connectivity index (χ2n) is 3.59. The van der Waals surface area contributed by atoms with E-state index < -0.39 is 0 Å². The number of hydrogen-bond acceptors (Lipinski definition) is 2. The highest BCUT2D eigenvalue weighted by Crippen LogP contribution is 2.22. The average molecular weight is 175 g/mol. The number of imidazole rings is 1. The Balaban J connectivity index is 2.73. The first-order valence-corrected chi connectivity index (χ1v) is 4.48. The molecule has 0 saturated heterocycles. The third-order valence-electron chi connectivity index (χ3n) is 2.38. The van der Waals surface area contributed by atoms with E-state index in [-0.39, 0.29) is 0 Å². The van der Waals surface area contributed by atoms with Crippen LogP contribution >= 0.6 is 0 Å². The predicted octanol–water partition coefficient (Wildman–Crippen LogP) is 2.39. The summed E-state index contributed by atoms with van der Waals surface area (Å²) >= 11 is 0. The molecule has 2 aromatic heterocycles. The zero-order valence-corrected chi connectivity index (χ0v) is 8.13. The topological polar surface area (TPSA) is 41.6 Å². The van der Waals surface area contributed by atoms with Crippen LogP contribution < -0.4 is 0 Å². The Morgan fingerprint density at radius 2 is 2.08 bits per heavy atom. The summed E-state index contributed by atoms with van der Waals surface area (Å²) in [5, 5.41) is 0. The van der Waals surface area contributed by atoms with Crippen LogP contribution in [0.5, 0.6) is 0 Å². The molecule has 0 amide bonds. The van der Waals surface area contributed by atoms with Crippen molar-refractivity contribution < 1.29 is 0 Å². The zero-order valence-electron chi connectivity index (χ0n) is 8.13. The molecular weight excluding hydrogens is 162 g/mol. The molecule has 0 saturated carbocycles. The molecule has 0 radical (unpaired) electrons. The first-order valence-electron chi connectivity index (χ1n) is 4.48. The van der Waals surface area contributed by atoms with E-state index in [1.54, 1.807) is 6.33 Å². The second kappa shape index (κ2) is 2.83. The van der Waals surface area contributed by atoms with Gasteiger partial charge >= 0.3 is 0 Å². The molecule has 0 aliphatic rings. The van der Waals surface area contributed by atoms with Crippen molar-refractivity contribution in [3.8, 4) is 0 Å². The highest BCUT2D eigenvalue weighted by Gasteiger charge is 2.08. The van der Waals surface area contributed by atoms with Crippen LogP contribution in [0.2, 0.25) is 0 Å². The lowest BCUT2D eigenvalue weighted by molar-refractivity contribution is 0.851. The summed E-state index contributed by atoms with van der Waals surface area (Å²) in [6.07, 6.45) is 3.61. The van der Waals surface area contributed by atoms with Crippen molar-refractivity contribution in [1.29, 1.82) is 0 Å². The van der Waals surface area contributed by atoms with Gasteiger partial charge in [-0.05, 0) is 24.0 Å². The minimum atomic E-state index is 0.514. The molecule has 0 bridgehead atoms. The highest BCUT2D eigenvalue weighted by molar-refractivity contribution is 5.75. The van der Waals surface area contributed by atoms with Crippen molar-refractivity contribution in [2.45, 2.75) is 26.7 Å². The van der Waals surface area contributed by atoms with Crippen LogP contribution in [0.4, 0.5) is 0 Å². The zero-order chi connectivity index (χ0) is 9.42. The lowest BCUT2D eigenvalue weighted by atomic mass is 10.00. The van der Waals surface area contributed by atoms with Crippen molar-refractivity contribution in [3.05, 3.63) is 23.7 Å². The van der Waals surface area contributed by atoms with E-state index >= 15 is 0 Å². The normalized spacial score (nSPS) is 11.4. The maximum absolute atomic E-state index is 4.28. The number of fused-ring (bicyclic) bond motifs is 1. The van der Waals surface area contributed by atoms with E-state index in [9.17, 15) is 0 Å². The molecule has 0 unspecified atom stereocenters. The minimum Gasteiger partial charge on any atom is -0.343 e. The SMILES string of the molecule is Cc1c(C(C)C)cnc2nc[nH]c12. The number of aryl methyl sites for hydroxylation is 1. The fourth-order valence-corrected chi connectivity index (χ4v) is 1.61. The summed E-state index contributed by atoms with van der Waals surface area (Å²) in [5.41, 5.74) is 4.42. The lowest BCUT2D eigenvalue weighted by Gasteiger charge is -2.08. The van der Waals surface area contributed by atoms with E-state index in [0.29, 0.717) is 5.92 Å². The number of H-pyrrole nitrogens is 1. The van der Waals surface area contributed by atoms with Gasteiger partial charge < -0.3 is 4.98 Å². The Labute approximate surface area is 77.2 Å². The number of nitrogens with one attached hydrogen (secondary N) is 1. The van der Waals surface area contributed by atoms with Crippen molar-refractivity contribution in [2.24, 2.45) is 0 Å². The molecule has 3 heteroatoms. The van der Waals surface area contributed by atoms with Crippen molar-refractivity contribution >= 4 is 11.2 Å². The largest absolute Gasteiger partial charge is 0.343 e.